The van der Waals surface area contributed by atoms with Gasteiger partial charge in [0.05, 0.1) is 11.7 Å². The summed E-state index contributed by atoms with van der Waals surface area (Å²) < 4.78 is 38.2. The summed E-state index contributed by atoms with van der Waals surface area (Å²) in [5.41, 5.74) is -3.66. The van der Waals surface area contributed by atoms with Crippen LogP contribution in [-0.2, 0) is 14.6 Å². The van der Waals surface area contributed by atoms with Crippen LogP contribution in [0.2, 0.25) is 0 Å². The first-order chi connectivity index (χ1) is 16.5. The van der Waals surface area contributed by atoms with Crippen molar-refractivity contribution in [1.82, 2.24) is 0 Å². The zero-order chi connectivity index (χ0) is 26.9. The molecule has 0 aromatic heterocycles. The normalized spacial score (nSPS) is 46.7. The first kappa shape index (κ1) is 28.2. The maximum atomic E-state index is 12.3. The molecule has 0 spiro atoms. The van der Waals surface area contributed by atoms with Gasteiger partial charge in [0, 0.05) is 11.8 Å². The third-order valence-electron chi connectivity index (χ3n) is 11.1. The van der Waals surface area contributed by atoms with Crippen molar-refractivity contribution in [3.8, 4) is 0 Å². The molecule has 4 aliphatic rings. The van der Waals surface area contributed by atoms with E-state index in [0.29, 0.717) is 42.9 Å². The van der Waals surface area contributed by atoms with Crippen molar-refractivity contribution in [2.75, 3.05) is 0 Å². The third kappa shape index (κ3) is 4.24. The molecular weight excluding hydrogens is 480 g/mol. The van der Waals surface area contributed by atoms with E-state index < -0.39 is 39.2 Å². The number of hydrogen-bond donors (Lipinski definition) is 4. The van der Waals surface area contributed by atoms with E-state index in [1.165, 1.54) is 0 Å². The van der Waals surface area contributed by atoms with Crippen LogP contribution < -0.4 is 0 Å². The average Bonchev–Trinajstić information content (AvgIpc) is 3.11. The van der Waals surface area contributed by atoms with Crippen LogP contribution in [0.4, 0.5) is 0 Å². The lowest BCUT2D eigenvalue weighted by Crippen LogP contribution is -2.73. The number of hydrogen-bond acceptors (Lipinski definition) is 6. The second-order valence-corrected chi connectivity index (χ2v) is 14.2. The summed E-state index contributed by atoms with van der Waals surface area (Å²) in [6.45, 7) is 13.0. The molecule has 4 rings (SSSR count). The largest absolute Gasteiger partial charge is 0.398 e. The molecule has 0 heterocycles. The molecule has 0 saturated heterocycles. The van der Waals surface area contributed by atoms with Crippen molar-refractivity contribution >= 4 is 10.4 Å². The summed E-state index contributed by atoms with van der Waals surface area (Å²) in [7, 11) is -4.88. The van der Waals surface area contributed by atoms with Crippen LogP contribution in [-0.4, -0.2) is 51.7 Å². The van der Waals surface area contributed by atoms with E-state index in [0.717, 1.165) is 24.8 Å². The Labute approximate surface area is 217 Å². The van der Waals surface area contributed by atoms with Gasteiger partial charge >= 0.3 is 10.4 Å². The van der Waals surface area contributed by atoms with Crippen LogP contribution in [0.1, 0.15) is 86.5 Å². The summed E-state index contributed by atoms with van der Waals surface area (Å²) in [5, 5.41) is 34.6. The lowest BCUT2D eigenvalue weighted by molar-refractivity contribution is -0.254. The van der Waals surface area contributed by atoms with Gasteiger partial charge in [-0.1, -0.05) is 53.7 Å². The Morgan fingerprint density at radius 1 is 1.03 bits per heavy atom. The van der Waals surface area contributed by atoms with E-state index in [1.807, 2.05) is 0 Å². The molecule has 0 aliphatic heterocycles. The zero-order valence-electron chi connectivity index (χ0n) is 22.6. The molecule has 0 aromatic carbocycles. The molecule has 7 nitrogen and oxygen atoms in total. The van der Waals surface area contributed by atoms with Crippen LogP contribution in [0.5, 0.6) is 0 Å². The zero-order valence-corrected chi connectivity index (χ0v) is 23.5. The molecule has 4 N–H and O–H groups in total. The summed E-state index contributed by atoms with van der Waals surface area (Å²) in [4.78, 5) is 0. The van der Waals surface area contributed by atoms with Gasteiger partial charge in [-0.2, -0.15) is 8.42 Å². The van der Waals surface area contributed by atoms with Crippen molar-refractivity contribution in [3.63, 3.8) is 0 Å². The van der Waals surface area contributed by atoms with E-state index in [4.69, 9.17) is 4.18 Å². The van der Waals surface area contributed by atoms with E-state index in [1.54, 1.807) is 13.0 Å². The minimum Gasteiger partial charge on any atom is -0.393 e. The number of aliphatic hydroxyl groups is 3. The molecule has 4 aliphatic carbocycles. The number of fused-ring (bicyclic) bond motifs is 5. The van der Waals surface area contributed by atoms with E-state index >= 15 is 0 Å². The van der Waals surface area contributed by atoms with Gasteiger partial charge in [0.1, 0.15) is 11.7 Å². The van der Waals surface area contributed by atoms with Crippen molar-refractivity contribution in [1.29, 1.82) is 0 Å². The van der Waals surface area contributed by atoms with Crippen LogP contribution in [0, 0.1) is 40.4 Å². The molecule has 0 aromatic rings. The summed E-state index contributed by atoms with van der Waals surface area (Å²) >= 11 is 0. The van der Waals surface area contributed by atoms with Crippen LogP contribution in [0.3, 0.4) is 0 Å². The Morgan fingerprint density at radius 2 is 1.69 bits per heavy atom. The van der Waals surface area contributed by atoms with Gasteiger partial charge < -0.3 is 15.3 Å². The molecule has 0 amide bonds. The second kappa shape index (κ2) is 9.16. The minimum atomic E-state index is -4.88. The first-order valence-electron chi connectivity index (χ1n) is 13.7. The summed E-state index contributed by atoms with van der Waals surface area (Å²) in [6, 6.07) is 0. The fourth-order valence-corrected chi connectivity index (χ4v) is 8.81. The Hall–Kier alpha value is -0.770. The van der Waals surface area contributed by atoms with Crippen LogP contribution in [0.25, 0.3) is 0 Å². The lowest BCUT2D eigenvalue weighted by atomic mass is 9.43. The summed E-state index contributed by atoms with van der Waals surface area (Å²) in [5.74, 6) is 1.85. The highest BCUT2D eigenvalue weighted by Crippen LogP contribution is 2.69. The second-order valence-electron chi connectivity index (χ2n) is 13.2. The summed E-state index contributed by atoms with van der Waals surface area (Å²) in [6.07, 6.45) is 7.70. The highest BCUT2D eigenvalue weighted by atomic mass is 32.3. The molecule has 0 radical (unpaired) electrons. The van der Waals surface area contributed by atoms with Gasteiger partial charge in [0.15, 0.2) is 0 Å². The predicted octanol–water partition coefficient (Wildman–Crippen LogP) is 4.44. The number of rotatable bonds is 6. The molecule has 8 heteroatoms. The monoisotopic (exact) mass is 526 g/mol. The topological polar surface area (TPSA) is 124 Å². The van der Waals surface area contributed by atoms with E-state index in [-0.39, 0.29) is 17.8 Å². The van der Waals surface area contributed by atoms with Gasteiger partial charge in [-0.25, -0.2) is 4.18 Å². The molecule has 36 heavy (non-hydrogen) atoms. The fourth-order valence-electron chi connectivity index (χ4n) is 8.33. The lowest BCUT2D eigenvalue weighted by Gasteiger charge is -2.65. The minimum absolute atomic E-state index is 0.0142. The Bertz CT molecular complexity index is 1020. The fraction of sp³-hybridized carbons (Fsp3) is 0.857. The van der Waals surface area contributed by atoms with E-state index in [9.17, 15) is 28.3 Å². The highest BCUT2D eigenvalue weighted by molar-refractivity contribution is 7.80. The maximum absolute atomic E-state index is 12.3. The third-order valence-corrected chi connectivity index (χ3v) is 11.6. The molecular formula is C28H46O7S. The highest BCUT2D eigenvalue weighted by Gasteiger charge is 2.71. The maximum Gasteiger partial charge on any atom is 0.398 e. The van der Waals surface area contributed by atoms with Crippen molar-refractivity contribution in [3.05, 3.63) is 23.8 Å². The Kier molecular flexibility index (Phi) is 7.19. The Morgan fingerprint density at radius 3 is 2.31 bits per heavy atom. The number of aliphatic hydroxyl groups excluding tert-OH is 1. The molecule has 3 fully saturated rings. The van der Waals surface area contributed by atoms with Gasteiger partial charge in [-0.05, 0) is 85.2 Å². The molecule has 3 saturated carbocycles. The predicted molar refractivity (Wildman–Crippen MR) is 138 cm³/mol. The standard InChI is InChI=1S/C28H46O7S/c1-17(2)18(3)7-8-19(4)21-9-10-22-23-15-24(35-36(32,33)34)28(31)16-20(29)11-12-26(28,6)27(23,30)14-13-25(21,22)5/h7-8,15,17-22,24,29-31H,9-14,16H2,1-6H3,(H,32,33,34)/b8-7+/t18?,19?,20-,21?,22?,24-,25+,26+,27+,28-/m0/s1. The van der Waals surface area contributed by atoms with Crippen LogP contribution in [0.15, 0.2) is 23.8 Å². The van der Waals surface area contributed by atoms with Gasteiger partial charge in [0.2, 0.25) is 0 Å². The quantitative estimate of drug-likeness (QED) is 0.298. The molecule has 4 unspecified atom stereocenters. The van der Waals surface area contributed by atoms with Gasteiger partial charge in [-0.15, -0.1) is 0 Å². The number of allylic oxidation sites excluding steroid dienone is 2. The smallest absolute Gasteiger partial charge is 0.393 e. The molecule has 10 atom stereocenters. The SMILES string of the molecule is CC(C)C(C)/C=C/C(C)C1CCC2C3=C[C@H](OS(=O)(=O)O)[C@@]4(O)C[C@@H](O)CC[C@]4(C)[C@@]3(O)CC[C@@]21C. The van der Waals surface area contributed by atoms with Gasteiger partial charge in [-0.3, -0.25) is 4.55 Å². The first-order valence-corrected chi connectivity index (χ1v) is 15.0. The average molecular weight is 527 g/mol. The van der Waals surface area contributed by atoms with Crippen molar-refractivity contribution < 1.29 is 32.5 Å². The van der Waals surface area contributed by atoms with Crippen LogP contribution >= 0.6 is 0 Å². The Balaban J connectivity index is 1.75. The van der Waals surface area contributed by atoms with Crippen molar-refractivity contribution in [2.24, 2.45) is 40.4 Å². The van der Waals surface area contributed by atoms with Crippen molar-refractivity contribution in [2.45, 2.75) is 110 Å². The molecule has 0 bridgehead atoms. The molecule has 206 valence electrons. The van der Waals surface area contributed by atoms with Gasteiger partial charge in [0.25, 0.3) is 0 Å². The van der Waals surface area contributed by atoms with E-state index in [2.05, 4.69) is 46.8 Å².